The van der Waals surface area contributed by atoms with Gasteiger partial charge in [-0.15, -0.1) is 0 Å². The first-order valence-electron chi connectivity index (χ1n) is 12.7. The number of benzene rings is 1. The van der Waals surface area contributed by atoms with Gasteiger partial charge in [0.25, 0.3) is 15.9 Å². The van der Waals surface area contributed by atoms with Crippen molar-refractivity contribution in [3.8, 4) is 5.75 Å². The molecule has 2 amide bonds. The molecule has 0 saturated carbocycles. The summed E-state index contributed by atoms with van der Waals surface area (Å²) < 4.78 is 38.7. The van der Waals surface area contributed by atoms with Gasteiger partial charge in [-0.2, -0.15) is 4.31 Å². The van der Waals surface area contributed by atoms with Gasteiger partial charge in [0, 0.05) is 18.1 Å². The van der Waals surface area contributed by atoms with Crippen LogP contribution in [0.15, 0.2) is 58.1 Å². The smallest absolute Gasteiger partial charge is 0.287 e. The molecule has 2 aliphatic rings. The van der Waals surface area contributed by atoms with Crippen molar-refractivity contribution in [2.75, 3.05) is 20.2 Å². The number of carbonyl (C=O) groups is 3. The number of carbonyl (C=O) groups excluding carboxylic acids is 3. The molecule has 4 heterocycles. The number of nitrogens with zero attached hydrogens (tertiary/aromatic N) is 3. The Balaban J connectivity index is 1.37. The summed E-state index contributed by atoms with van der Waals surface area (Å²) in [6, 6.07) is 8.89. The normalized spacial score (nSPS) is 20.4. The third-order valence-corrected chi connectivity index (χ3v) is 8.92. The van der Waals surface area contributed by atoms with Gasteiger partial charge in [-0.05, 0) is 43.0 Å². The highest BCUT2D eigenvalue weighted by Crippen LogP contribution is 2.34. The number of Topliss-reactive ketones (excluding diaryl/α,β-unsaturated/α-hetero) is 1. The van der Waals surface area contributed by atoms with E-state index in [1.165, 1.54) is 24.3 Å². The highest BCUT2D eigenvalue weighted by atomic mass is 32.2. The topological polar surface area (TPSA) is 139 Å². The quantitative estimate of drug-likeness (QED) is 0.447. The highest BCUT2D eigenvalue weighted by molar-refractivity contribution is 7.89. The third kappa shape index (κ3) is 4.89. The number of likely N-dealkylation sites (tertiary alicyclic amines) is 1. The molecule has 1 N–H and O–H groups in total. The Labute approximate surface area is 226 Å². The third-order valence-electron chi connectivity index (χ3n) is 7.13. The van der Waals surface area contributed by atoms with Crippen molar-refractivity contribution in [2.24, 2.45) is 5.92 Å². The lowest BCUT2D eigenvalue weighted by Gasteiger charge is -2.29. The van der Waals surface area contributed by atoms with E-state index >= 15 is 0 Å². The number of furan rings is 1. The summed E-state index contributed by atoms with van der Waals surface area (Å²) in [4.78, 5) is 45.4. The zero-order valence-corrected chi connectivity index (χ0v) is 22.7. The number of rotatable bonds is 8. The monoisotopic (exact) mass is 554 g/mol. The Bertz CT molecular complexity index is 1520. The molecule has 2 saturated heterocycles. The van der Waals surface area contributed by atoms with E-state index in [2.05, 4.69) is 10.3 Å². The van der Waals surface area contributed by atoms with Gasteiger partial charge in [0.15, 0.2) is 27.9 Å². The second kappa shape index (κ2) is 10.4. The van der Waals surface area contributed by atoms with Gasteiger partial charge < -0.3 is 19.4 Å². The largest absolute Gasteiger partial charge is 0.493 e. The van der Waals surface area contributed by atoms with E-state index in [4.69, 9.17) is 9.15 Å². The van der Waals surface area contributed by atoms with Gasteiger partial charge in [-0.1, -0.05) is 32.0 Å². The summed E-state index contributed by atoms with van der Waals surface area (Å²) in [5.74, 6) is -0.795. The van der Waals surface area contributed by atoms with Gasteiger partial charge in [0.1, 0.15) is 12.1 Å². The maximum Gasteiger partial charge on any atom is 0.287 e. The summed E-state index contributed by atoms with van der Waals surface area (Å²) in [5, 5.41) is 3.32. The molecule has 11 nitrogen and oxygen atoms in total. The fourth-order valence-electron chi connectivity index (χ4n) is 5.39. The molecule has 0 bridgehead atoms. The lowest BCUT2D eigenvalue weighted by Crippen LogP contribution is -2.53. The van der Waals surface area contributed by atoms with Crippen molar-refractivity contribution in [2.45, 2.75) is 49.8 Å². The first-order valence-corrected chi connectivity index (χ1v) is 14.2. The molecule has 5 rings (SSSR count). The molecule has 3 aromatic rings. The van der Waals surface area contributed by atoms with Crippen molar-refractivity contribution in [3.63, 3.8) is 0 Å². The molecule has 2 aliphatic heterocycles. The lowest BCUT2D eigenvalue weighted by atomic mass is 10.0. The summed E-state index contributed by atoms with van der Waals surface area (Å²) in [5.41, 5.74) is 0.421. The predicted molar refractivity (Wildman–Crippen MR) is 141 cm³/mol. The van der Waals surface area contributed by atoms with Crippen molar-refractivity contribution in [1.82, 2.24) is 19.5 Å². The number of nitrogens with one attached hydrogen (secondary N) is 1. The van der Waals surface area contributed by atoms with E-state index in [-0.39, 0.29) is 35.6 Å². The van der Waals surface area contributed by atoms with Gasteiger partial charge in [0.2, 0.25) is 5.91 Å². The molecular formula is C27H30N4O7S. The number of ether oxygens (including phenoxy) is 1. The number of hydrogen-bond donors (Lipinski definition) is 1. The number of para-hydroxylation sites is 1. The van der Waals surface area contributed by atoms with Crippen LogP contribution in [0.5, 0.6) is 5.75 Å². The van der Waals surface area contributed by atoms with Crippen LogP contribution in [-0.4, -0.2) is 78.5 Å². The Morgan fingerprint density at radius 2 is 2.00 bits per heavy atom. The van der Waals surface area contributed by atoms with Crippen LogP contribution in [0.2, 0.25) is 0 Å². The van der Waals surface area contributed by atoms with E-state index in [1.807, 2.05) is 13.8 Å². The molecule has 2 aromatic heterocycles. The fourth-order valence-corrected chi connectivity index (χ4v) is 6.95. The number of methoxy groups -OCH3 is 1. The Morgan fingerprint density at radius 3 is 2.69 bits per heavy atom. The van der Waals surface area contributed by atoms with Crippen LogP contribution in [0.3, 0.4) is 0 Å². The maximum absolute atomic E-state index is 13.8. The Morgan fingerprint density at radius 1 is 1.21 bits per heavy atom. The number of ketones is 1. The summed E-state index contributed by atoms with van der Waals surface area (Å²) >= 11 is 0. The highest BCUT2D eigenvalue weighted by Gasteiger charge is 2.54. The number of hydrogen-bond acceptors (Lipinski definition) is 8. The van der Waals surface area contributed by atoms with E-state index in [0.717, 1.165) is 4.31 Å². The average Bonchev–Trinajstić information content (AvgIpc) is 3.63. The minimum atomic E-state index is -4.02. The number of aromatic nitrogens is 1. The summed E-state index contributed by atoms with van der Waals surface area (Å²) in [6.45, 7) is 3.71. The van der Waals surface area contributed by atoms with E-state index < -0.39 is 40.0 Å². The van der Waals surface area contributed by atoms with Gasteiger partial charge in [0.05, 0.1) is 19.7 Å². The minimum Gasteiger partial charge on any atom is -0.493 e. The summed E-state index contributed by atoms with van der Waals surface area (Å²) in [6.07, 6.45) is 2.01. The van der Waals surface area contributed by atoms with Gasteiger partial charge in [-0.3, -0.25) is 14.4 Å². The summed E-state index contributed by atoms with van der Waals surface area (Å²) in [7, 11) is -2.51. The van der Waals surface area contributed by atoms with Crippen LogP contribution in [0.25, 0.3) is 11.0 Å². The van der Waals surface area contributed by atoms with Crippen molar-refractivity contribution in [1.29, 1.82) is 0 Å². The second-order valence-electron chi connectivity index (χ2n) is 10.2. The molecule has 39 heavy (non-hydrogen) atoms. The predicted octanol–water partition coefficient (Wildman–Crippen LogP) is 2.22. The minimum absolute atomic E-state index is 0.0277. The molecule has 0 radical (unpaired) electrons. The lowest BCUT2D eigenvalue weighted by molar-refractivity contribution is -0.138. The van der Waals surface area contributed by atoms with Gasteiger partial charge >= 0.3 is 0 Å². The fraction of sp³-hybridized carbons (Fsp3) is 0.407. The first kappa shape index (κ1) is 26.8. The van der Waals surface area contributed by atoms with Crippen LogP contribution in [-0.2, 0) is 19.6 Å². The standard InChI is InChI=1S/C27H30N4O7S/c1-16(2)13-18(29-26(33)22-14-17-7-6-8-21(37-3)25(17)38-22)27(34)30-12-10-19-24(30)20(32)15-31(19)39(35,36)23-9-4-5-11-28-23/h4-9,11,14,16,18-19,24H,10,12-13,15H2,1-3H3,(H,29,33). The Kier molecular flexibility index (Phi) is 7.17. The molecular weight excluding hydrogens is 524 g/mol. The number of amides is 2. The second-order valence-corrected chi connectivity index (χ2v) is 12.0. The SMILES string of the molecule is COc1cccc2cc(C(=O)NC(CC(C)C)C(=O)N3CCC4C3C(=O)CN4S(=O)(=O)c3ccccn3)oc12. The zero-order chi connectivity index (χ0) is 27.9. The van der Waals surface area contributed by atoms with Crippen molar-refractivity contribution < 1.29 is 32.0 Å². The van der Waals surface area contributed by atoms with E-state index in [9.17, 15) is 22.8 Å². The molecule has 2 fully saturated rings. The molecule has 12 heteroatoms. The molecule has 0 spiro atoms. The van der Waals surface area contributed by atoms with Crippen LogP contribution in [0.1, 0.15) is 37.2 Å². The zero-order valence-electron chi connectivity index (χ0n) is 21.9. The number of pyridine rings is 1. The van der Waals surface area contributed by atoms with Crippen LogP contribution < -0.4 is 10.1 Å². The van der Waals surface area contributed by atoms with Crippen molar-refractivity contribution in [3.05, 3.63) is 54.4 Å². The van der Waals surface area contributed by atoms with E-state index in [1.54, 1.807) is 36.4 Å². The number of sulfonamides is 1. The Hall–Kier alpha value is -3.77. The first-order chi connectivity index (χ1) is 18.6. The average molecular weight is 555 g/mol. The van der Waals surface area contributed by atoms with Crippen LogP contribution in [0, 0.1) is 5.92 Å². The van der Waals surface area contributed by atoms with Gasteiger partial charge in [-0.25, -0.2) is 13.4 Å². The molecule has 1 aromatic carbocycles. The van der Waals surface area contributed by atoms with Crippen LogP contribution in [0.4, 0.5) is 0 Å². The molecule has 0 aliphatic carbocycles. The molecule has 3 unspecified atom stereocenters. The van der Waals surface area contributed by atoms with E-state index in [0.29, 0.717) is 29.6 Å². The molecule has 3 atom stereocenters. The van der Waals surface area contributed by atoms with Crippen molar-refractivity contribution >= 4 is 38.6 Å². The van der Waals surface area contributed by atoms with Crippen LogP contribution >= 0.6 is 0 Å². The number of fused-ring (bicyclic) bond motifs is 2. The molecule has 206 valence electrons. The maximum atomic E-state index is 13.8.